The van der Waals surface area contributed by atoms with Gasteiger partial charge in [0.2, 0.25) is 0 Å². The highest BCUT2D eigenvalue weighted by atomic mass is 127. The number of hydrogen-bond donors (Lipinski definition) is 2. The summed E-state index contributed by atoms with van der Waals surface area (Å²) in [5, 5.41) is 8.92. The minimum Gasteiger partial charge on any atom is -0.379 e. The molecule has 0 aliphatic carbocycles. The summed E-state index contributed by atoms with van der Waals surface area (Å²) < 4.78 is 5.47. The van der Waals surface area contributed by atoms with Crippen LogP contribution in [0.2, 0.25) is 0 Å². The number of nitrogens with one attached hydrogen (secondary N) is 2. The summed E-state index contributed by atoms with van der Waals surface area (Å²) in [6.07, 6.45) is 0. The van der Waals surface area contributed by atoms with E-state index >= 15 is 0 Å². The molecule has 2 heterocycles. The third-order valence-corrected chi connectivity index (χ3v) is 4.44. The molecular formula is C15H27IN4OS. The van der Waals surface area contributed by atoms with Crippen LogP contribution in [-0.4, -0.2) is 56.8 Å². The van der Waals surface area contributed by atoms with Gasteiger partial charge in [-0.2, -0.15) is 0 Å². The van der Waals surface area contributed by atoms with Crippen molar-refractivity contribution in [2.45, 2.75) is 25.9 Å². The summed E-state index contributed by atoms with van der Waals surface area (Å²) in [6, 6.07) is 5.08. The Morgan fingerprint density at radius 1 is 1.41 bits per heavy atom. The van der Waals surface area contributed by atoms with Gasteiger partial charge in [-0.25, -0.2) is 0 Å². The fourth-order valence-electron chi connectivity index (χ4n) is 2.44. The van der Waals surface area contributed by atoms with E-state index in [0.717, 1.165) is 38.8 Å². The molecule has 0 amide bonds. The van der Waals surface area contributed by atoms with Crippen molar-refractivity contribution in [3.05, 3.63) is 22.4 Å². The Balaban J connectivity index is 0.00000242. The Hall–Kier alpha value is -0.380. The number of ether oxygens (including phenoxy) is 1. The van der Waals surface area contributed by atoms with Crippen LogP contribution in [0.5, 0.6) is 0 Å². The first-order valence-electron chi connectivity index (χ1n) is 7.53. The normalized spacial score (nSPS) is 17.9. The molecule has 1 aromatic rings. The van der Waals surface area contributed by atoms with E-state index in [9.17, 15) is 0 Å². The molecule has 1 aromatic heterocycles. The number of halogens is 1. The lowest BCUT2D eigenvalue weighted by molar-refractivity contribution is 0.0177. The Morgan fingerprint density at radius 3 is 2.68 bits per heavy atom. The van der Waals surface area contributed by atoms with Crippen LogP contribution < -0.4 is 10.6 Å². The molecule has 1 aliphatic rings. The van der Waals surface area contributed by atoms with Crippen LogP contribution in [-0.2, 0) is 4.74 Å². The van der Waals surface area contributed by atoms with E-state index < -0.39 is 0 Å². The molecule has 1 fully saturated rings. The van der Waals surface area contributed by atoms with Crippen LogP contribution in [0.15, 0.2) is 22.5 Å². The molecule has 1 aliphatic heterocycles. The third-order valence-electron chi connectivity index (χ3n) is 3.47. The van der Waals surface area contributed by atoms with Crippen molar-refractivity contribution in [2.24, 2.45) is 4.99 Å². The molecule has 1 atom stereocenters. The highest BCUT2D eigenvalue weighted by Crippen LogP contribution is 2.25. The summed E-state index contributed by atoms with van der Waals surface area (Å²) in [5.74, 6) is 0.861. The van der Waals surface area contributed by atoms with Gasteiger partial charge in [0, 0.05) is 37.6 Å². The first kappa shape index (κ1) is 19.7. The van der Waals surface area contributed by atoms with Crippen LogP contribution in [0, 0.1) is 0 Å². The molecule has 7 heteroatoms. The van der Waals surface area contributed by atoms with Crippen LogP contribution in [0.25, 0.3) is 0 Å². The second-order valence-corrected chi connectivity index (χ2v) is 6.41. The van der Waals surface area contributed by atoms with Gasteiger partial charge in [-0.05, 0) is 25.3 Å². The second-order valence-electron chi connectivity index (χ2n) is 5.43. The molecule has 1 unspecified atom stereocenters. The zero-order valence-electron chi connectivity index (χ0n) is 13.5. The van der Waals surface area contributed by atoms with Crippen molar-refractivity contribution in [1.29, 1.82) is 0 Å². The maximum Gasteiger partial charge on any atom is 0.191 e. The lowest BCUT2D eigenvalue weighted by Crippen LogP contribution is -2.47. The van der Waals surface area contributed by atoms with E-state index in [0.29, 0.717) is 12.1 Å². The monoisotopic (exact) mass is 438 g/mol. The molecule has 2 N–H and O–H groups in total. The summed E-state index contributed by atoms with van der Waals surface area (Å²) in [4.78, 5) is 8.17. The van der Waals surface area contributed by atoms with Crippen molar-refractivity contribution in [3.63, 3.8) is 0 Å². The number of nitrogens with zero attached hydrogens (tertiary/aromatic N) is 2. The number of guanidine groups is 1. The van der Waals surface area contributed by atoms with Gasteiger partial charge in [0.05, 0.1) is 19.3 Å². The Kier molecular flexibility index (Phi) is 9.30. The van der Waals surface area contributed by atoms with Gasteiger partial charge in [0.1, 0.15) is 0 Å². The van der Waals surface area contributed by atoms with Gasteiger partial charge in [-0.1, -0.05) is 6.07 Å². The van der Waals surface area contributed by atoms with E-state index in [4.69, 9.17) is 4.74 Å². The molecule has 0 bridgehead atoms. The molecular weight excluding hydrogens is 411 g/mol. The van der Waals surface area contributed by atoms with Gasteiger partial charge in [0.15, 0.2) is 5.96 Å². The van der Waals surface area contributed by atoms with Crippen LogP contribution in [0.3, 0.4) is 0 Å². The van der Waals surface area contributed by atoms with Gasteiger partial charge < -0.3 is 15.4 Å². The van der Waals surface area contributed by atoms with E-state index in [-0.39, 0.29) is 24.0 Å². The smallest absolute Gasteiger partial charge is 0.191 e. The first-order chi connectivity index (χ1) is 10.2. The minimum absolute atomic E-state index is 0. The Bertz CT molecular complexity index is 433. The predicted molar refractivity (Wildman–Crippen MR) is 105 cm³/mol. The first-order valence-corrected chi connectivity index (χ1v) is 8.41. The largest absolute Gasteiger partial charge is 0.379 e. The molecule has 126 valence electrons. The summed E-state index contributed by atoms with van der Waals surface area (Å²) in [6.45, 7) is 8.70. The van der Waals surface area contributed by atoms with Crippen molar-refractivity contribution >= 4 is 41.3 Å². The second kappa shape index (κ2) is 10.4. The van der Waals surface area contributed by atoms with E-state index in [2.05, 4.69) is 51.9 Å². The van der Waals surface area contributed by atoms with Crippen molar-refractivity contribution in [3.8, 4) is 0 Å². The number of hydrogen-bond acceptors (Lipinski definition) is 4. The molecule has 22 heavy (non-hydrogen) atoms. The van der Waals surface area contributed by atoms with Gasteiger partial charge in [0.25, 0.3) is 0 Å². The standard InChI is InChI=1S/C15H26N4OS.HI/c1-12(2)18-15(16-3)17-11-13(14-5-4-10-21-14)19-6-8-20-9-7-19;/h4-5,10,12-13H,6-9,11H2,1-3H3,(H2,16,17,18);1H. The fraction of sp³-hybridized carbons (Fsp3) is 0.667. The maximum absolute atomic E-state index is 5.47. The predicted octanol–water partition coefficient (Wildman–Crippen LogP) is 2.31. The lowest BCUT2D eigenvalue weighted by Gasteiger charge is -2.34. The fourth-order valence-corrected chi connectivity index (χ4v) is 3.30. The number of morpholine rings is 1. The van der Waals surface area contributed by atoms with E-state index in [1.807, 2.05) is 18.4 Å². The zero-order valence-corrected chi connectivity index (χ0v) is 16.7. The summed E-state index contributed by atoms with van der Waals surface area (Å²) >= 11 is 1.82. The lowest BCUT2D eigenvalue weighted by atomic mass is 10.2. The average Bonchev–Trinajstić information content (AvgIpc) is 3.01. The zero-order chi connectivity index (χ0) is 15.1. The average molecular weight is 438 g/mol. The molecule has 0 aromatic carbocycles. The third kappa shape index (κ3) is 6.02. The van der Waals surface area contributed by atoms with Crippen LogP contribution in [0.4, 0.5) is 0 Å². The minimum atomic E-state index is 0. The molecule has 0 spiro atoms. The molecule has 2 rings (SSSR count). The topological polar surface area (TPSA) is 48.9 Å². The molecule has 5 nitrogen and oxygen atoms in total. The summed E-state index contributed by atoms with van der Waals surface area (Å²) in [7, 11) is 1.81. The Morgan fingerprint density at radius 2 is 2.14 bits per heavy atom. The van der Waals surface area contributed by atoms with Gasteiger partial charge in [-0.3, -0.25) is 9.89 Å². The van der Waals surface area contributed by atoms with Gasteiger partial charge >= 0.3 is 0 Å². The molecule has 0 radical (unpaired) electrons. The highest BCUT2D eigenvalue weighted by molar-refractivity contribution is 14.0. The van der Waals surface area contributed by atoms with Crippen molar-refractivity contribution in [1.82, 2.24) is 15.5 Å². The van der Waals surface area contributed by atoms with E-state index in [1.165, 1.54) is 4.88 Å². The molecule has 1 saturated heterocycles. The van der Waals surface area contributed by atoms with Gasteiger partial charge in [-0.15, -0.1) is 35.3 Å². The number of aliphatic imine (C=N–C) groups is 1. The number of thiophene rings is 1. The number of rotatable bonds is 5. The van der Waals surface area contributed by atoms with E-state index in [1.54, 1.807) is 0 Å². The quantitative estimate of drug-likeness (QED) is 0.421. The summed E-state index contributed by atoms with van der Waals surface area (Å²) in [5.41, 5.74) is 0. The van der Waals surface area contributed by atoms with Crippen molar-refractivity contribution in [2.75, 3.05) is 39.9 Å². The highest BCUT2D eigenvalue weighted by Gasteiger charge is 2.23. The maximum atomic E-state index is 5.47. The Labute approximate surface area is 154 Å². The van der Waals surface area contributed by atoms with Crippen molar-refractivity contribution < 1.29 is 4.74 Å². The van der Waals surface area contributed by atoms with Crippen LogP contribution >= 0.6 is 35.3 Å². The molecule has 0 saturated carbocycles. The SMILES string of the molecule is CN=C(NCC(c1cccs1)N1CCOCC1)NC(C)C.I. The van der Waals surface area contributed by atoms with Crippen LogP contribution in [0.1, 0.15) is 24.8 Å².